The van der Waals surface area contributed by atoms with Gasteiger partial charge >= 0.3 is 0 Å². The monoisotopic (exact) mass is 502 g/mol. The Labute approximate surface area is 217 Å². The fourth-order valence-electron chi connectivity index (χ4n) is 6.16. The summed E-state index contributed by atoms with van der Waals surface area (Å²) in [5, 5.41) is 0. The summed E-state index contributed by atoms with van der Waals surface area (Å²) >= 11 is 0. The first kappa shape index (κ1) is 25.2. The number of benzene rings is 3. The van der Waals surface area contributed by atoms with Gasteiger partial charge in [-0.1, -0.05) is 91.2 Å². The van der Waals surface area contributed by atoms with Gasteiger partial charge in [0.25, 0.3) is 0 Å². The predicted molar refractivity (Wildman–Crippen MR) is 146 cm³/mol. The van der Waals surface area contributed by atoms with Gasteiger partial charge in [0.2, 0.25) is 10.0 Å². The molecule has 0 bridgehead atoms. The van der Waals surface area contributed by atoms with Crippen molar-refractivity contribution in [2.45, 2.75) is 74.9 Å². The average molecular weight is 503 g/mol. The van der Waals surface area contributed by atoms with E-state index in [1.165, 1.54) is 31.2 Å². The smallest absolute Gasteiger partial charge is 0.243 e. The molecule has 0 N–H and O–H groups in total. The Balaban J connectivity index is 1.35. The number of hydrogen-bond acceptors (Lipinski definition) is 3. The topological polar surface area (TPSA) is 40.6 Å². The van der Waals surface area contributed by atoms with Gasteiger partial charge in [-0.2, -0.15) is 4.31 Å². The largest absolute Gasteiger partial charge is 0.300 e. The molecule has 2 atom stereocenters. The quantitative estimate of drug-likeness (QED) is 0.377. The molecular weight excluding hydrogens is 464 g/mol. The van der Waals surface area contributed by atoms with Crippen LogP contribution in [-0.4, -0.2) is 42.8 Å². The van der Waals surface area contributed by atoms with E-state index in [0.29, 0.717) is 23.4 Å². The highest BCUT2D eigenvalue weighted by Crippen LogP contribution is 2.38. The van der Waals surface area contributed by atoms with Crippen LogP contribution in [-0.2, 0) is 16.6 Å². The first-order chi connectivity index (χ1) is 17.5. The number of sulfonamides is 1. The average Bonchev–Trinajstić information content (AvgIpc) is 2.93. The highest BCUT2D eigenvalue weighted by molar-refractivity contribution is 7.89. The van der Waals surface area contributed by atoms with Crippen molar-refractivity contribution in [2.75, 3.05) is 13.1 Å². The summed E-state index contributed by atoms with van der Waals surface area (Å²) in [6, 6.07) is 28.8. The number of hydrogen-bond donors (Lipinski definition) is 0. The highest BCUT2D eigenvalue weighted by atomic mass is 32.2. The SMILES string of the molecule is Cc1ccc(S(=O)(=O)N(Cc2ccccc2)C2CCN([C@@H]3CCCC[C@@H]3c3ccccc3)CC2)cc1. The summed E-state index contributed by atoms with van der Waals surface area (Å²) in [7, 11) is -3.60. The van der Waals surface area contributed by atoms with Crippen molar-refractivity contribution in [3.8, 4) is 0 Å². The minimum Gasteiger partial charge on any atom is -0.300 e. The molecule has 1 aliphatic carbocycles. The van der Waals surface area contributed by atoms with Gasteiger partial charge in [0.1, 0.15) is 0 Å². The van der Waals surface area contributed by atoms with Gasteiger partial charge in [0.15, 0.2) is 0 Å². The van der Waals surface area contributed by atoms with Crippen molar-refractivity contribution in [3.05, 3.63) is 102 Å². The fraction of sp³-hybridized carbons (Fsp3) is 0.419. The molecule has 5 rings (SSSR count). The Morgan fingerprint density at radius 3 is 2.06 bits per heavy atom. The molecule has 2 aliphatic rings. The van der Waals surface area contributed by atoms with Crippen LogP contribution >= 0.6 is 0 Å². The van der Waals surface area contributed by atoms with Crippen LogP contribution in [0, 0.1) is 6.92 Å². The van der Waals surface area contributed by atoms with Crippen molar-refractivity contribution < 1.29 is 8.42 Å². The maximum Gasteiger partial charge on any atom is 0.243 e. The van der Waals surface area contributed by atoms with Crippen LogP contribution in [0.15, 0.2) is 89.8 Å². The second kappa shape index (κ2) is 11.3. The van der Waals surface area contributed by atoms with E-state index in [0.717, 1.165) is 37.1 Å². The molecule has 0 amide bonds. The van der Waals surface area contributed by atoms with Gasteiger partial charge in [-0.3, -0.25) is 4.90 Å². The number of likely N-dealkylation sites (tertiary alicyclic amines) is 1. The molecule has 5 heteroatoms. The van der Waals surface area contributed by atoms with Crippen LogP contribution in [0.25, 0.3) is 0 Å². The van der Waals surface area contributed by atoms with Crippen molar-refractivity contribution in [1.29, 1.82) is 0 Å². The maximum atomic E-state index is 13.9. The summed E-state index contributed by atoms with van der Waals surface area (Å²) in [4.78, 5) is 3.05. The highest BCUT2D eigenvalue weighted by Gasteiger charge is 2.37. The van der Waals surface area contributed by atoms with Crippen molar-refractivity contribution >= 4 is 10.0 Å². The lowest BCUT2D eigenvalue weighted by Crippen LogP contribution is -2.51. The second-order valence-corrected chi connectivity index (χ2v) is 12.4. The standard InChI is InChI=1S/C31H38N2O2S/c1-25-16-18-29(19-17-25)36(34,35)33(24-26-10-4-2-5-11-26)28-20-22-32(23-21-28)31-15-9-8-14-30(31)27-12-6-3-7-13-27/h2-7,10-13,16-19,28,30-31H,8-9,14-15,20-24H2,1H3/t30-,31-/m1/s1. The van der Waals surface area contributed by atoms with E-state index >= 15 is 0 Å². The number of rotatable bonds is 7. The molecule has 0 spiro atoms. The lowest BCUT2D eigenvalue weighted by atomic mass is 9.78. The molecule has 0 radical (unpaired) electrons. The summed E-state index contributed by atoms with van der Waals surface area (Å²) in [6.45, 7) is 4.31. The van der Waals surface area contributed by atoms with Crippen LogP contribution in [0.4, 0.5) is 0 Å². The van der Waals surface area contributed by atoms with Crippen LogP contribution < -0.4 is 0 Å². The van der Waals surface area contributed by atoms with Crippen LogP contribution in [0.2, 0.25) is 0 Å². The van der Waals surface area contributed by atoms with E-state index in [4.69, 9.17) is 0 Å². The van der Waals surface area contributed by atoms with Gasteiger partial charge in [-0.25, -0.2) is 8.42 Å². The molecule has 1 saturated heterocycles. The Morgan fingerprint density at radius 1 is 0.778 bits per heavy atom. The minimum atomic E-state index is -3.60. The van der Waals surface area contributed by atoms with E-state index in [-0.39, 0.29) is 6.04 Å². The summed E-state index contributed by atoms with van der Waals surface area (Å²) in [6.07, 6.45) is 6.81. The van der Waals surface area contributed by atoms with Gasteiger partial charge in [0.05, 0.1) is 4.90 Å². The first-order valence-corrected chi connectivity index (χ1v) is 14.9. The Hall–Kier alpha value is -2.47. The zero-order valence-electron chi connectivity index (χ0n) is 21.3. The molecule has 36 heavy (non-hydrogen) atoms. The third-order valence-corrected chi connectivity index (χ3v) is 10.1. The van der Waals surface area contributed by atoms with Crippen LogP contribution in [0.3, 0.4) is 0 Å². The van der Waals surface area contributed by atoms with E-state index in [1.54, 1.807) is 16.4 Å². The van der Waals surface area contributed by atoms with E-state index < -0.39 is 10.0 Å². The zero-order valence-corrected chi connectivity index (χ0v) is 22.1. The number of piperidine rings is 1. The van der Waals surface area contributed by atoms with Gasteiger partial charge in [0, 0.05) is 18.6 Å². The van der Waals surface area contributed by atoms with E-state index in [1.807, 2.05) is 49.4 Å². The van der Waals surface area contributed by atoms with Crippen molar-refractivity contribution in [2.24, 2.45) is 0 Å². The maximum absolute atomic E-state index is 13.9. The van der Waals surface area contributed by atoms with Crippen molar-refractivity contribution in [1.82, 2.24) is 9.21 Å². The molecule has 3 aromatic rings. The molecule has 4 nitrogen and oxygen atoms in total. The third-order valence-electron chi connectivity index (χ3n) is 8.14. The Bertz CT molecular complexity index is 1200. The summed E-state index contributed by atoms with van der Waals surface area (Å²) in [5.41, 5.74) is 3.56. The van der Waals surface area contributed by atoms with E-state index in [2.05, 4.69) is 35.2 Å². The molecular formula is C31H38N2O2S. The first-order valence-electron chi connectivity index (χ1n) is 13.4. The lowest BCUT2D eigenvalue weighted by molar-refractivity contribution is 0.0834. The molecule has 2 fully saturated rings. The third kappa shape index (κ3) is 5.59. The Kier molecular flexibility index (Phi) is 7.90. The molecule has 1 aliphatic heterocycles. The zero-order chi connectivity index (χ0) is 25.0. The second-order valence-electron chi connectivity index (χ2n) is 10.5. The van der Waals surface area contributed by atoms with Crippen LogP contribution in [0.5, 0.6) is 0 Å². The predicted octanol–water partition coefficient (Wildman–Crippen LogP) is 6.38. The minimum absolute atomic E-state index is 0.00604. The van der Waals surface area contributed by atoms with Gasteiger partial charge in [-0.05, 0) is 74.9 Å². The molecule has 190 valence electrons. The van der Waals surface area contributed by atoms with Crippen molar-refractivity contribution in [3.63, 3.8) is 0 Å². The fourth-order valence-corrected chi connectivity index (χ4v) is 7.84. The molecule has 3 aromatic carbocycles. The summed E-state index contributed by atoms with van der Waals surface area (Å²) in [5.74, 6) is 0.577. The van der Waals surface area contributed by atoms with Gasteiger partial charge in [-0.15, -0.1) is 0 Å². The lowest BCUT2D eigenvalue weighted by Gasteiger charge is -2.45. The van der Waals surface area contributed by atoms with Gasteiger partial charge < -0.3 is 0 Å². The number of aryl methyl sites for hydroxylation is 1. The van der Waals surface area contributed by atoms with E-state index in [9.17, 15) is 8.42 Å². The number of nitrogens with zero attached hydrogens (tertiary/aromatic N) is 2. The summed E-state index contributed by atoms with van der Waals surface area (Å²) < 4.78 is 29.5. The van der Waals surface area contributed by atoms with Crippen LogP contribution in [0.1, 0.15) is 61.1 Å². The molecule has 1 heterocycles. The Morgan fingerprint density at radius 2 is 1.39 bits per heavy atom. The normalized spacial score (nSPS) is 22.1. The molecule has 0 aromatic heterocycles. The molecule has 1 saturated carbocycles. The molecule has 0 unspecified atom stereocenters.